The highest BCUT2D eigenvalue weighted by Crippen LogP contribution is 2.17. The van der Waals surface area contributed by atoms with Crippen molar-refractivity contribution in [3.05, 3.63) is 37.9 Å². The summed E-state index contributed by atoms with van der Waals surface area (Å²) < 4.78 is 0.791. The summed E-state index contributed by atoms with van der Waals surface area (Å²) in [5, 5.41) is 3.76. The minimum atomic E-state index is 0.206. The molecule has 0 bridgehead atoms. The van der Waals surface area contributed by atoms with E-state index in [0.717, 1.165) is 4.47 Å². The van der Waals surface area contributed by atoms with Crippen LogP contribution in [-0.2, 0) is 6.54 Å². The molecule has 0 aliphatic heterocycles. The molecule has 0 aromatic carbocycles. The van der Waals surface area contributed by atoms with Crippen molar-refractivity contribution in [1.82, 2.24) is 4.98 Å². The van der Waals surface area contributed by atoms with Gasteiger partial charge in [0, 0.05) is 9.38 Å². The van der Waals surface area contributed by atoms with Crippen molar-refractivity contribution in [3.8, 4) is 0 Å². The molecule has 1 heterocycles. The first-order chi connectivity index (χ1) is 5.74. The van der Waals surface area contributed by atoms with Crippen molar-refractivity contribution >= 4 is 27.5 Å². The molecule has 0 amide bonds. The second kappa shape index (κ2) is 4.30. The number of halogens is 2. The Labute approximate surface area is 82.3 Å². The third kappa shape index (κ3) is 2.37. The maximum absolute atomic E-state index is 8.07. The van der Waals surface area contributed by atoms with E-state index in [1.807, 2.05) is 0 Å². The normalized spacial score (nSPS) is 9.17. The van der Waals surface area contributed by atoms with E-state index in [2.05, 4.69) is 30.9 Å². The second-order valence-electron chi connectivity index (χ2n) is 1.95. The molecular weight excluding hydrogens is 243 g/mol. The van der Waals surface area contributed by atoms with E-state index >= 15 is 0 Å². The number of hydrogen-bond donors (Lipinski definition) is 0. The number of rotatable bonds is 2. The number of hydrogen-bond acceptors (Lipinski definition) is 2. The molecular formula is C6H4BrClN4. The highest BCUT2D eigenvalue weighted by atomic mass is 79.9. The molecule has 0 aliphatic rings. The third-order valence-electron chi connectivity index (χ3n) is 1.17. The molecule has 0 radical (unpaired) electrons. The Morgan fingerprint density at radius 1 is 1.67 bits per heavy atom. The summed E-state index contributed by atoms with van der Waals surface area (Å²) in [5.41, 5.74) is 8.71. The van der Waals surface area contributed by atoms with Crippen molar-refractivity contribution in [2.24, 2.45) is 5.11 Å². The van der Waals surface area contributed by atoms with Crippen molar-refractivity contribution in [2.75, 3.05) is 0 Å². The van der Waals surface area contributed by atoms with Crippen LogP contribution in [0.2, 0.25) is 5.15 Å². The van der Waals surface area contributed by atoms with Gasteiger partial charge in [0.05, 0.1) is 12.2 Å². The molecule has 1 aromatic heterocycles. The van der Waals surface area contributed by atoms with E-state index in [-0.39, 0.29) is 6.54 Å². The van der Waals surface area contributed by atoms with E-state index in [4.69, 9.17) is 17.1 Å². The van der Waals surface area contributed by atoms with Crippen LogP contribution in [0.1, 0.15) is 5.69 Å². The lowest BCUT2D eigenvalue weighted by atomic mass is 10.3. The summed E-state index contributed by atoms with van der Waals surface area (Å²) in [7, 11) is 0. The van der Waals surface area contributed by atoms with Gasteiger partial charge in [-0.05, 0) is 33.6 Å². The molecule has 0 fully saturated rings. The zero-order chi connectivity index (χ0) is 8.97. The van der Waals surface area contributed by atoms with Gasteiger partial charge in [-0.25, -0.2) is 4.98 Å². The minimum Gasteiger partial charge on any atom is -0.240 e. The van der Waals surface area contributed by atoms with E-state index in [9.17, 15) is 0 Å². The molecule has 1 rings (SSSR count). The first kappa shape index (κ1) is 9.32. The van der Waals surface area contributed by atoms with Crippen LogP contribution in [0, 0.1) is 0 Å². The van der Waals surface area contributed by atoms with Crippen LogP contribution in [0.15, 0.2) is 21.7 Å². The van der Waals surface area contributed by atoms with Gasteiger partial charge in [-0.3, -0.25) is 0 Å². The Morgan fingerprint density at radius 2 is 2.42 bits per heavy atom. The Morgan fingerprint density at radius 3 is 3.08 bits per heavy atom. The molecule has 0 saturated heterocycles. The summed E-state index contributed by atoms with van der Waals surface area (Å²) in [6.07, 6.45) is 0. The fraction of sp³-hybridized carbons (Fsp3) is 0.167. The summed E-state index contributed by atoms with van der Waals surface area (Å²) in [6, 6.07) is 3.42. The molecule has 6 heteroatoms. The lowest BCUT2D eigenvalue weighted by Crippen LogP contribution is -1.88. The number of nitrogens with zero attached hydrogens (tertiary/aromatic N) is 4. The Hall–Kier alpha value is -0.770. The van der Waals surface area contributed by atoms with Crippen LogP contribution in [0.25, 0.3) is 10.4 Å². The van der Waals surface area contributed by atoms with Crippen LogP contribution in [0.4, 0.5) is 0 Å². The van der Waals surface area contributed by atoms with Crippen LogP contribution >= 0.6 is 27.5 Å². The van der Waals surface area contributed by atoms with Gasteiger partial charge in [0.25, 0.3) is 0 Å². The molecule has 0 N–H and O–H groups in total. The standard InChI is InChI=1S/C6H4BrClN4/c7-4-1-2-6(8)11-5(4)3-10-12-9/h1-2H,3H2. The van der Waals surface area contributed by atoms with Crippen LogP contribution < -0.4 is 0 Å². The van der Waals surface area contributed by atoms with Gasteiger partial charge < -0.3 is 0 Å². The highest BCUT2D eigenvalue weighted by Gasteiger charge is 2.00. The summed E-state index contributed by atoms with van der Waals surface area (Å²) in [5.74, 6) is 0. The maximum atomic E-state index is 8.07. The molecule has 0 saturated carbocycles. The lowest BCUT2D eigenvalue weighted by molar-refractivity contribution is 0.966. The molecule has 1 aromatic rings. The predicted octanol–water partition coefficient (Wildman–Crippen LogP) is 3.31. The van der Waals surface area contributed by atoms with Crippen molar-refractivity contribution in [3.63, 3.8) is 0 Å². The van der Waals surface area contributed by atoms with Gasteiger partial charge in [0.1, 0.15) is 5.15 Å². The molecule has 0 atom stereocenters. The summed E-state index contributed by atoms with van der Waals surface area (Å²) >= 11 is 8.89. The Kier molecular flexibility index (Phi) is 3.34. The van der Waals surface area contributed by atoms with Gasteiger partial charge in [-0.2, -0.15) is 0 Å². The Balaban J connectivity index is 2.96. The fourth-order valence-corrected chi connectivity index (χ4v) is 1.18. The molecule has 4 nitrogen and oxygen atoms in total. The average molecular weight is 247 g/mol. The lowest BCUT2D eigenvalue weighted by Gasteiger charge is -1.98. The maximum Gasteiger partial charge on any atom is 0.129 e. The topological polar surface area (TPSA) is 61.7 Å². The van der Waals surface area contributed by atoms with E-state index < -0.39 is 0 Å². The summed E-state index contributed by atoms with van der Waals surface area (Å²) in [4.78, 5) is 6.59. The predicted molar refractivity (Wildman–Crippen MR) is 49.8 cm³/mol. The SMILES string of the molecule is [N-]=[N+]=NCc1nc(Cl)ccc1Br. The first-order valence-corrected chi connectivity index (χ1v) is 4.23. The van der Waals surface area contributed by atoms with Gasteiger partial charge in [-0.15, -0.1) is 0 Å². The van der Waals surface area contributed by atoms with Gasteiger partial charge >= 0.3 is 0 Å². The highest BCUT2D eigenvalue weighted by molar-refractivity contribution is 9.10. The number of azide groups is 1. The number of aromatic nitrogens is 1. The molecule has 0 aliphatic carbocycles. The zero-order valence-electron chi connectivity index (χ0n) is 5.91. The largest absolute Gasteiger partial charge is 0.240 e. The van der Waals surface area contributed by atoms with E-state index in [1.54, 1.807) is 12.1 Å². The van der Waals surface area contributed by atoms with Crippen LogP contribution in [0.5, 0.6) is 0 Å². The smallest absolute Gasteiger partial charge is 0.129 e. The van der Waals surface area contributed by atoms with Crippen molar-refractivity contribution in [1.29, 1.82) is 0 Å². The first-order valence-electron chi connectivity index (χ1n) is 3.06. The van der Waals surface area contributed by atoms with Gasteiger partial charge in [-0.1, -0.05) is 16.7 Å². The minimum absolute atomic E-state index is 0.206. The average Bonchev–Trinajstić information content (AvgIpc) is 2.07. The monoisotopic (exact) mass is 246 g/mol. The van der Waals surface area contributed by atoms with Crippen LogP contribution in [0.3, 0.4) is 0 Å². The Bertz CT molecular complexity index is 334. The fourth-order valence-electron chi connectivity index (χ4n) is 0.667. The third-order valence-corrected chi connectivity index (χ3v) is 2.10. The number of pyridine rings is 1. The molecule has 0 unspecified atom stereocenters. The quantitative estimate of drug-likeness (QED) is 0.342. The summed E-state index contributed by atoms with van der Waals surface area (Å²) in [6.45, 7) is 0.206. The van der Waals surface area contributed by atoms with Crippen molar-refractivity contribution < 1.29 is 0 Å². The van der Waals surface area contributed by atoms with Crippen molar-refractivity contribution in [2.45, 2.75) is 6.54 Å². The van der Waals surface area contributed by atoms with Crippen LogP contribution in [-0.4, -0.2) is 4.98 Å². The van der Waals surface area contributed by atoms with Gasteiger partial charge in [0.2, 0.25) is 0 Å². The second-order valence-corrected chi connectivity index (χ2v) is 3.19. The molecule has 62 valence electrons. The van der Waals surface area contributed by atoms with E-state index in [0.29, 0.717) is 10.8 Å². The molecule has 12 heavy (non-hydrogen) atoms. The van der Waals surface area contributed by atoms with Gasteiger partial charge in [0.15, 0.2) is 0 Å². The zero-order valence-corrected chi connectivity index (χ0v) is 8.25. The molecule has 0 spiro atoms. The van der Waals surface area contributed by atoms with E-state index in [1.165, 1.54) is 0 Å².